The van der Waals surface area contributed by atoms with Gasteiger partial charge >= 0.3 is 6.18 Å². The molecule has 0 aliphatic carbocycles. The van der Waals surface area contributed by atoms with Gasteiger partial charge in [-0.15, -0.1) is 6.58 Å². The Hall–Kier alpha value is -2.11. The third-order valence-electron chi connectivity index (χ3n) is 4.11. The van der Waals surface area contributed by atoms with Crippen molar-refractivity contribution in [2.24, 2.45) is 5.73 Å². The number of hydrogen-bond acceptors (Lipinski definition) is 2. The molecule has 0 amide bonds. The van der Waals surface area contributed by atoms with Gasteiger partial charge in [-0.25, -0.2) is 0 Å². The van der Waals surface area contributed by atoms with E-state index in [1.54, 1.807) is 12.1 Å². The van der Waals surface area contributed by atoms with Crippen LogP contribution in [-0.4, -0.2) is 24.0 Å². The molecular weight excluding hydrogens is 325 g/mol. The van der Waals surface area contributed by atoms with Gasteiger partial charge in [-0.3, -0.25) is 4.90 Å². The third-order valence-corrected chi connectivity index (χ3v) is 4.11. The molecule has 1 atom stereocenters. The predicted octanol–water partition coefficient (Wildman–Crippen LogP) is 4.26. The molecule has 0 radical (unpaired) electrons. The molecule has 5 heteroatoms. The van der Waals surface area contributed by atoms with Crippen molar-refractivity contribution in [3.05, 3.63) is 83.9 Å². The fourth-order valence-electron chi connectivity index (χ4n) is 2.84. The van der Waals surface area contributed by atoms with Crippen molar-refractivity contribution in [1.29, 1.82) is 0 Å². The molecule has 0 bridgehead atoms. The molecule has 2 nitrogen and oxygen atoms in total. The van der Waals surface area contributed by atoms with Crippen LogP contribution in [0.4, 0.5) is 13.2 Å². The topological polar surface area (TPSA) is 29.3 Å². The van der Waals surface area contributed by atoms with Gasteiger partial charge < -0.3 is 5.73 Å². The fourth-order valence-corrected chi connectivity index (χ4v) is 2.84. The van der Waals surface area contributed by atoms with E-state index in [2.05, 4.69) is 11.5 Å². The number of rotatable bonds is 8. The number of benzene rings is 2. The average molecular weight is 348 g/mol. The van der Waals surface area contributed by atoms with Crippen molar-refractivity contribution in [3.63, 3.8) is 0 Å². The van der Waals surface area contributed by atoms with Gasteiger partial charge in [-0.05, 0) is 23.6 Å². The average Bonchev–Trinajstić information content (AvgIpc) is 2.60. The number of halogens is 3. The Morgan fingerprint density at radius 1 is 1.04 bits per heavy atom. The summed E-state index contributed by atoms with van der Waals surface area (Å²) in [6, 6.07) is 15.4. The summed E-state index contributed by atoms with van der Waals surface area (Å²) in [5.41, 5.74) is 7.08. The second kappa shape index (κ2) is 8.83. The summed E-state index contributed by atoms with van der Waals surface area (Å²) in [5, 5.41) is 0. The van der Waals surface area contributed by atoms with Gasteiger partial charge in [0.2, 0.25) is 0 Å². The van der Waals surface area contributed by atoms with Gasteiger partial charge in [0.1, 0.15) is 0 Å². The van der Waals surface area contributed by atoms with Crippen LogP contribution in [0.2, 0.25) is 0 Å². The highest BCUT2D eigenvalue weighted by Crippen LogP contribution is 2.30. The highest BCUT2D eigenvalue weighted by atomic mass is 19.4. The summed E-state index contributed by atoms with van der Waals surface area (Å²) in [6.45, 7) is 5.13. The number of hydrogen-bond donors (Lipinski definition) is 1. The van der Waals surface area contributed by atoms with Gasteiger partial charge in [-0.2, -0.15) is 13.2 Å². The van der Waals surface area contributed by atoms with Gasteiger partial charge in [0.25, 0.3) is 0 Å². The van der Waals surface area contributed by atoms with Crippen LogP contribution in [0.15, 0.2) is 67.3 Å². The predicted molar refractivity (Wildman–Crippen MR) is 95.0 cm³/mol. The SMILES string of the molecule is C=CCN(Cc1cccc(C(F)(F)F)c1)C(CN)Cc1ccccc1. The molecule has 2 N–H and O–H groups in total. The first kappa shape index (κ1) is 19.2. The van der Waals surface area contributed by atoms with Crippen LogP contribution in [0.1, 0.15) is 16.7 Å². The smallest absolute Gasteiger partial charge is 0.329 e. The Morgan fingerprint density at radius 2 is 1.72 bits per heavy atom. The first-order valence-electron chi connectivity index (χ1n) is 8.19. The van der Waals surface area contributed by atoms with Crippen molar-refractivity contribution in [2.45, 2.75) is 25.2 Å². The maximum Gasteiger partial charge on any atom is 0.416 e. The molecule has 2 rings (SSSR count). The van der Waals surface area contributed by atoms with Gasteiger partial charge in [0.05, 0.1) is 5.56 Å². The van der Waals surface area contributed by atoms with Gasteiger partial charge in [0.15, 0.2) is 0 Å². The molecule has 25 heavy (non-hydrogen) atoms. The minimum atomic E-state index is -4.34. The lowest BCUT2D eigenvalue weighted by molar-refractivity contribution is -0.137. The van der Waals surface area contributed by atoms with E-state index in [-0.39, 0.29) is 6.04 Å². The zero-order chi connectivity index (χ0) is 18.3. The minimum Gasteiger partial charge on any atom is -0.329 e. The molecule has 0 aliphatic heterocycles. The fraction of sp³-hybridized carbons (Fsp3) is 0.300. The quantitative estimate of drug-likeness (QED) is 0.722. The van der Waals surface area contributed by atoms with Crippen molar-refractivity contribution < 1.29 is 13.2 Å². The van der Waals surface area contributed by atoms with Crippen LogP contribution in [0, 0.1) is 0 Å². The van der Waals surface area contributed by atoms with E-state index in [0.717, 1.165) is 18.1 Å². The van der Waals surface area contributed by atoms with Gasteiger partial charge in [-0.1, -0.05) is 54.6 Å². The molecule has 2 aromatic rings. The second-order valence-electron chi connectivity index (χ2n) is 6.00. The van der Waals surface area contributed by atoms with Crippen LogP contribution in [0.5, 0.6) is 0 Å². The van der Waals surface area contributed by atoms with E-state index in [0.29, 0.717) is 25.2 Å². The Balaban J connectivity index is 2.17. The molecule has 0 aromatic heterocycles. The van der Waals surface area contributed by atoms with Crippen LogP contribution in [-0.2, 0) is 19.1 Å². The lowest BCUT2D eigenvalue weighted by atomic mass is 10.0. The summed E-state index contributed by atoms with van der Waals surface area (Å²) in [7, 11) is 0. The zero-order valence-electron chi connectivity index (χ0n) is 14.0. The molecular formula is C20H23F3N2. The van der Waals surface area contributed by atoms with Crippen molar-refractivity contribution in [2.75, 3.05) is 13.1 Å². The number of alkyl halides is 3. The van der Waals surface area contributed by atoms with E-state index in [1.165, 1.54) is 12.1 Å². The van der Waals surface area contributed by atoms with E-state index in [4.69, 9.17) is 5.73 Å². The summed E-state index contributed by atoms with van der Waals surface area (Å²) < 4.78 is 38.7. The number of nitrogens with two attached hydrogens (primary N) is 1. The van der Waals surface area contributed by atoms with Crippen LogP contribution in [0.3, 0.4) is 0 Å². The molecule has 0 saturated carbocycles. The Labute approximate surface area is 146 Å². The first-order valence-corrected chi connectivity index (χ1v) is 8.19. The summed E-state index contributed by atoms with van der Waals surface area (Å²) in [4.78, 5) is 2.06. The third kappa shape index (κ3) is 5.73. The second-order valence-corrected chi connectivity index (χ2v) is 6.00. The normalized spacial score (nSPS) is 13.0. The summed E-state index contributed by atoms with van der Waals surface area (Å²) in [6.07, 6.45) is -1.85. The van der Waals surface area contributed by atoms with Crippen molar-refractivity contribution in [1.82, 2.24) is 4.90 Å². The molecule has 1 unspecified atom stereocenters. The lowest BCUT2D eigenvalue weighted by Crippen LogP contribution is -2.41. The van der Waals surface area contributed by atoms with E-state index >= 15 is 0 Å². The molecule has 0 saturated heterocycles. The van der Waals surface area contributed by atoms with Crippen LogP contribution >= 0.6 is 0 Å². The molecule has 0 heterocycles. The Morgan fingerprint density at radius 3 is 2.32 bits per heavy atom. The molecule has 0 spiro atoms. The maximum atomic E-state index is 12.9. The molecule has 134 valence electrons. The summed E-state index contributed by atoms with van der Waals surface area (Å²) >= 11 is 0. The molecule has 0 fully saturated rings. The molecule has 2 aromatic carbocycles. The summed E-state index contributed by atoms with van der Waals surface area (Å²) in [5.74, 6) is 0. The van der Waals surface area contributed by atoms with E-state index in [1.807, 2.05) is 30.3 Å². The van der Waals surface area contributed by atoms with Crippen molar-refractivity contribution >= 4 is 0 Å². The highest BCUT2D eigenvalue weighted by Gasteiger charge is 2.30. The lowest BCUT2D eigenvalue weighted by Gasteiger charge is -2.30. The first-order chi connectivity index (χ1) is 11.9. The zero-order valence-corrected chi connectivity index (χ0v) is 14.0. The molecule has 0 aliphatic rings. The highest BCUT2D eigenvalue weighted by molar-refractivity contribution is 5.26. The Kier molecular flexibility index (Phi) is 6.79. The Bertz CT molecular complexity index is 668. The van der Waals surface area contributed by atoms with E-state index in [9.17, 15) is 13.2 Å². The van der Waals surface area contributed by atoms with E-state index < -0.39 is 11.7 Å². The monoisotopic (exact) mass is 348 g/mol. The standard InChI is InChI=1S/C20H23F3N2/c1-2-11-25(19(14-24)13-16-7-4-3-5-8-16)15-17-9-6-10-18(12-17)20(21,22)23/h2-10,12,19H,1,11,13-15,24H2. The number of nitrogens with zero attached hydrogens (tertiary/aromatic N) is 1. The van der Waals surface area contributed by atoms with Crippen molar-refractivity contribution in [3.8, 4) is 0 Å². The van der Waals surface area contributed by atoms with Crippen LogP contribution in [0.25, 0.3) is 0 Å². The van der Waals surface area contributed by atoms with Gasteiger partial charge in [0, 0.05) is 25.7 Å². The largest absolute Gasteiger partial charge is 0.416 e. The van der Waals surface area contributed by atoms with Crippen LogP contribution < -0.4 is 5.73 Å². The maximum absolute atomic E-state index is 12.9. The minimum absolute atomic E-state index is 0.0231.